The predicted octanol–water partition coefficient (Wildman–Crippen LogP) is 3.63. The molecule has 4 rings (SSSR count). The molecule has 0 aromatic heterocycles. The van der Waals surface area contributed by atoms with E-state index in [2.05, 4.69) is 5.32 Å². The maximum atomic E-state index is 13.7. The van der Waals surface area contributed by atoms with E-state index in [1.54, 1.807) is 32.6 Å². The molecule has 1 aliphatic carbocycles. The van der Waals surface area contributed by atoms with Crippen molar-refractivity contribution in [2.75, 3.05) is 13.1 Å². The monoisotopic (exact) mass is 549 g/mol. The Morgan fingerprint density at radius 2 is 1.62 bits per heavy atom. The average molecular weight is 550 g/mol. The minimum atomic E-state index is -0.906. The minimum absolute atomic E-state index is 0.136. The number of esters is 1. The molecule has 3 amide bonds. The van der Waals surface area contributed by atoms with Crippen molar-refractivity contribution in [1.82, 2.24) is 15.1 Å². The molecule has 1 saturated heterocycles. The summed E-state index contributed by atoms with van der Waals surface area (Å²) in [5, 5.41) is 2.61. The smallest absolute Gasteiger partial charge is 0.408 e. The van der Waals surface area contributed by atoms with E-state index in [1.807, 2.05) is 54.6 Å². The molecule has 2 aromatic rings. The molecule has 1 fully saturated rings. The van der Waals surface area contributed by atoms with Crippen LogP contribution < -0.4 is 5.32 Å². The van der Waals surface area contributed by atoms with Crippen LogP contribution in [0.15, 0.2) is 54.6 Å². The Kier molecular flexibility index (Phi) is 9.12. The number of benzene rings is 2. The summed E-state index contributed by atoms with van der Waals surface area (Å²) in [6.45, 7) is 7.19. The Morgan fingerprint density at radius 3 is 2.25 bits per heavy atom. The number of nitrogens with zero attached hydrogens (tertiary/aromatic N) is 2. The first-order chi connectivity index (χ1) is 19.0. The van der Waals surface area contributed by atoms with Crippen molar-refractivity contribution in [1.29, 1.82) is 0 Å². The highest BCUT2D eigenvalue weighted by atomic mass is 16.6. The van der Waals surface area contributed by atoms with Gasteiger partial charge in [0, 0.05) is 12.6 Å². The number of fused-ring (bicyclic) bond motifs is 1. The number of rotatable bonds is 8. The van der Waals surface area contributed by atoms with E-state index in [9.17, 15) is 19.2 Å². The Bertz CT molecular complexity index is 1200. The summed E-state index contributed by atoms with van der Waals surface area (Å²) >= 11 is 0. The lowest BCUT2D eigenvalue weighted by Gasteiger charge is -2.33. The van der Waals surface area contributed by atoms with Gasteiger partial charge < -0.3 is 24.6 Å². The zero-order chi connectivity index (χ0) is 28.9. The predicted molar refractivity (Wildman–Crippen MR) is 149 cm³/mol. The molecule has 0 unspecified atom stereocenters. The van der Waals surface area contributed by atoms with Crippen LogP contribution in [0.4, 0.5) is 4.79 Å². The van der Waals surface area contributed by atoms with Crippen LogP contribution in [0.25, 0.3) is 0 Å². The molecular formula is C31H39N3O6. The third-order valence-corrected chi connectivity index (χ3v) is 7.23. The third kappa shape index (κ3) is 7.40. The summed E-state index contributed by atoms with van der Waals surface area (Å²) in [6.07, 6.45) is 1.71. The summed E-state index contributed by atoms with van der Waals surface area (Å²) in [7, 11) is 0. The molecule has 2 atom stereocenters. The largest absolute Gasteiger partial charge is 0.459 e. The fourth-order valence-corrected chi connectivity index (χ4v) is 5.31. The summed E-state index contributed by atoms with van der Waals surface area (Å²) in [5.74, 6) is -1.13. The molecular weight excluding hydrogens is 510 g/mol. The van der Waals surface area contributed by atoms with E-state index >= 15 is 0 Å². The third-order valence-electron chi connectivity index (χ3n) is 7.23. The van der Waals surface area contributed by atoms with E-state index in [-0.39, 0.29) is 31.0 Å². The molecule has 2 aliphatic rings. The first-order valence-electron chi connectivity index (χ1n) is 13.9. The van der Waals surface area contributed by atoms with Crippen LogP contribution >= 0.6 is 0 Å². The SMILES string of the molecule is C[C@H](NC(=O)OC(C)(C)C)C(=O)N(CC(=O)N1CCC[C@H]1C(=O)OCc1ccccc1)C1Cc2ccccc2C1. The molecule has 0 bridgehead atoms. The second kappa shape index (κ2) is 12.5. The normalized spacial score (nSPS) is 17.6. The summed E-state index contributed by atoms with van der Waals surface area (Å²) in [4.78, 5) is 55.7. The molecule has 0 spiro atoms. The van der Waals surface area contributed by atoms with Gasteiger partial charge in [-0.2, -0.15) is 0 Å². The Hall–Kier alpha value is -3.88. The number of hydrogen-bond acceptors (Lipinski definition) is 6. The Morgan fingerprint density at radius 1 is 1.00 bits per heavy atom. The van der Waals surface area contributed by atoms with Crippen LogP contribution in [-0.4, -0.2) is 70.5 Å². The van der Waals surface area contributed by atoms with Gasteiger partial charge in [0.2, 0.25) is 11.8 Å². The number of ether oxygens (including phenoxy) is 2. The standard InChI is InChI=1S/C31H39N3O6/c1-21(32-30(38)40-31(2,3)4)28(36)34(25-17-23-13-8-9-14-24(23)18-25)19-27(35)33-16-10-15-26(33)29(37)39-20-22-11-6-5-7-12-22/h5-9,11-14,21,25-26H,10,15-20H2,1-4H3,(H,32,38)/t21-,26-/m0/s1. The van der Waals surface area contributed by atoms with Gasteiger partial charge in [-0.25, -0.2) is 9.59 Å². The maximum absolute atomic E-state index is 13.7. The first kappa shape index (κ1) is 29.1. The molecule has 1 N–H and O–H groups in total. The lowest BCUT2D eigenvalue weighted by Crippen LogP contribution is -2.55. The van der Waals surface area contributed by atoms with E-state index in [1.165, 1.54) is 4.90 Å². The number of hydrogen-bond donors (Lipinski definition) is 1. The lowest BCUT2D eigenvalue weighted by atomic mass is 10.1. The molecule has 1 heterocycles. The lowest BCUT2D eigenvalue weighted by molar-refractivity contribution is -0.155. The topological polar surface area (TPSA) is 105 Å². The zero-order valence-electron chi connectivity index (χ0n) is 23.7. The molecule has 40 heavy (non-hydrogen) atoms. The van der Waals surface area contributed by atoms with Gasteiger partial charge in [-0.1, -0.05) is 54.6 Å². The highest BCUT2D eigenvalue weighted by Crippen LogP contribution is 2.27. The molecule has 9 heteroatoms. The second-order valence-corrected chi connectivity index (χ2v) is 11.5. The van der Waals surface area contributed by atoms with Crippen molar-refractivity contribution in [3.05, 3.63) is 71.3 Å². The van der Waals surface area contributed by atoms with Crippen molar-refractivity contribution >= 4 is 23.9 Å². The average Bonchev–Trinajstić information content (AvgIpc) is 3.57. The summed E-state index contributed by atoms with van der Waals surface area (Å²) in [5.41, 5.74) is 2.43. The number of nitrogens with one attached hydrogen (secondary N) is 1. The maximum Gasteiger partial charge on any atom is 0.408 e. The van der Waals surface area contributed by atoms with E-state index in [4.69, 9.17) is 9.47 Å². The number of carbonyl (C=O) groups is 4. The van der Waals surface area contributed by atoms with Crippen molar-refractivity contribution in [2.45, 2.75) is 83.7 Å². The van der Waals surface area contributed by atoms with Crippen molar-refractivity contribution in [2.24, 2.45) is 0 Å². The van der Waals surface area contributed by atoms with Crippen molar-refractivity contribution < 1.29 is 28.7 Å². The quantitative estimate of drug-likeness (QED) is 0.505. The number of carbonyl (C=O) groups excluding carboxylic acids is 4. The fourth-order valence-electron chi connectivity index (χ4n) is 5.31. The molecule has 1 aliphatic heterocycles. The zero-order valence-corrected chi connectivity index (χ0v) is 23.7. The van der Waals surface area contributed by atoms with E-state index in [0.29, 0.717) is 32.2 Å². The van der Waals surface area contributed by atoms with Crippen molar-refractivity contribution in [3.8, 4) is 0 Å². The molecule has 9 nitrogen and oxygen atoms in total. The highest BCUT2D eigenvalue weighted by Gasteiger charge is 2.39. The highest BCUT2D eigenvalue weighted by molar-refractivity contribution is 5.91. The van der Waals surface area contributed by atoms with Gasteiger partial charge in [-0.05, 0) is 70.1 Å². The van der Waals surface area contributed by atoms with Crippen molar-refractivity contribution in [3.63, 3.8) is 0 Å². The van der Waals surface area contributed by atoms with E-state index < -0.39 is 29.7 Å². The van der Waals surface area contributed by atoms with Crippen LogP contribution in [-0.2, 0) is 43.3 Å². The molecule has 2 aromatic carbocycles. The van der Waals surface area contributed by atoms with Crippen LogP contribution in [0.1, 0.15) is 57.2 Å². The number of amides is 3. The van der Waals surface area contributed by atoms with Gasteiger partial charge in [0.05, 0.1) is 0 Å². The Balaban J connectivity index is 1.46. The van der Waals surface area contributed by atoms with Gasteiger partial charge >= 0.3 is 12.1 Å². The fraction of sp³-hybridized carbons (Fsp3) is 0.484. The van der Waals surface area contributed by atoms with Gasteiger partial charge in [-0.15, -0.1) is 0 Å². The van der Waals surface area contributed by atoms with Crippen LogP contribution in [0, 0.1) is 0 Å². The molecule has 0 radical (unpaired) electrons. The Labute approximate surface area is 235 Å². The number of likely N-dealkylation sites (tertiary alicyclic amines) is 1. The van der Waals surface area contributed by atoms with Crippen LogP contribution in [0.3, 0.4) is 0 Å². The van der Waals surface area contributed by atoms with Gasteiger partial charge in [-0.3, -0.25) is 9.59 Å². The van der Waals surface area contributed by atoms with Gasteiger partial charge in [0.15, 0.2) is 0 Å². The second-order valence-electron chi connectivity index (χ2n) is 11.5. The molecule has 0 saturated carbocycles. The summed E-state index contributed by atoms with van der Waals surface area (Å²) in [6, 6.07) is 15.5. The molecule has 214 valence electrons. The number of alkyl carbamates (subject to hydrolysis) is 1. The minimum Gasteiger partial charge on any atom is -0.459 e. The summed E-state index contributed by atoms with van der Waals surface area (Å²) < 4.78 is 10.9. The van der Waals surface area contributed by atoms with Gasteiger partial charge in [0.1, 0.15) is 30.8 Å². The van der Waals surface area contributed by atoms with Crippen LogP contribution in [0.5, 0.6) is 0 Å². The van der Waals surface area contributed by atoms with E-state index in [0.717, 1.165) is 16.7 Å². The first-order valence-corrected chi connectivity index (χ1v) is 13.9. The van der Waals surface area contributed by atoms with Crippen LogP contribution in [0.2, 0.25) is 0 Å². The van der Waals surface area contributed by atoms with Gasteiger partial charge in [0.25, 0.3) is 0 Å².